The van der Waals surface area contributed by atoms with Crippen LogP contribution >= 0.6 is 0 Å². The maximum Gasteiger partial charge on any atom is 0.238 e. The van der Waals surface area contributed by atoms with Crippen LogP contribution in [-0.4, -0.2) is 12.5 Å². The highest BCUT2D eigenvalue weighted by Crippen LogP contribution is 2.21. The van der Waals surface area contributed by atoms with Gasteiger partial charge in [-0.15, -0.1) is 0 Å². The van der Waals surface area contributed by atoms with Crippen LogP contribution in [0.5, 0.6) is 0 Å². The van der Waals surface area contributed by atoms with Gasteiger partial charge in [-0.1, -0.05) is 44.2 Å². The van der Waals surface area contributed by atoms with Crippen LogP contribution in [-0.2, 0) is 4.79 Å². The van der Waals surface area contributed by atoms with E-state index in [4.69, 9.17) is 0 Å². The Bertz CT molecular complexity index is 596. The van der Waals surface area contributed by atoms with Gasteiger partial charge in [0.1, 0.15) is 5.82 Å². The summed E-state index contributed by atoms with van der Waals surface area (Å²) in [6.07, 6.45) is 0. The highest BCUT2D eigenvalue weighted by molar-refractivity contribution is 5.92. The van der Waals surface area contributed by atoms with Crippen LogP contribution in [0.3, 0.4) is 0 Å². The Kier molecular flexibility index (Phi) is 5.67. The highest BCUT2D eigenvalue weighted by atomic mass is 19.1. The lowest BCUT2D eigenvalue weighted by molar-refractivity contribution is -0.115. The summed E-state index contributed by atoms with van der Waals surface area (Å²) < 4.78 is 13.0. The molecular formula is C18H21FN2O. The molecule has 4 heteroatoms. The van der Waals surface area contributed by atoms with Crippen LogP contribution in [0.1, 0.15) is 25.5 Å². The molecular weight excluding hydrogens is 279 g/mol. The molecule has 0 fully saturated rings. The zero-order valence-electron chi connectivity index (χ0n) is 12.8. The summed E-state index contributed by atoms with van der Waals surface area (Å²) in [5, 5.41) is 6.08. The van der Waals surface area contributed by atoms with Crippen molar-refractivity contribution in [2.45, 2.75) is 19.9 Å². The lowest BCUT2D eigenvalue weighted by Gasteiger charge is -2.22. The van der Waals surface area contributed by atoms with Gasteiger partial charge in [0.05, 0.1) is 6.54 Å². The van der Waals surface area contributed by atoms with E-state index in [2.05, 4.69) is 24.5 Å². The van der Waals surface area contributed by atoms with E-state index in [1.165, 1.54) is 12.1 Å². The van der Waals surface area contributed by atoms with Crippen molar-refractivity contribution in [2.24, 2.45) is 5.92 Å². The first kappa shape index (κ1) is 16.2. The molecule has 0 unspecified atom stereocenters. The molecule has 2 aromatic carbocycles. The van der Waals surface area contributed by atoms with Gasteiger partial charge in [-0.05, 0) is 35.7 Å². The first-order valence-corrected chi connectivity index (χ1v) is 7.40. The molecule has 0 aromatic heterocycles. The number of carbonyl (C=O) groups excluding carboxylic acids is 1. The Balaban J connectivity index is 1.94. The molecule has 0 radical (unpaired) electrons. The first-order chi connectivity index (χ1) is 10.6. The van der Waals surface area contributed by atoms with Gasteiger partial charge >= 0.3 is 0 Å². The summed E-state index contributed by atoms with van der Waals surface area (Å²) in [5.74, 6) is -0.0676. The van der Waals surface area contributed by atoms with Crippen LogP contribution < -0.4 is 10.6 Å². The monoisotopic (exact) mass is 300 g/mol. The summed E-state index contributed by atoms with van der Waals surface area (Å²) in [6.45, 7) is 4.33. The van der Waals surface area contributed by atoms with Gasteiger partial charge < -0.3 is 10.6 Å². The van der Waals surface area contributed by atoms with Crippen molar-refractivity contribution in [1.29, 1.82) is 0 Å². The maximum absolute atomic E-state index is 13.0. The third-order valence-corrected chi connectivity index (χ3v) is 3.44. The molecule has 1 atom stereocenters. The molecule has 22 heavy (non-hydrogen) atoms. The number of hydrogen-bond acceptors (Lipinski definition) is 2. The molecule has 0 bridgehead atoms. The van der Waals surface area contributed by atoms with Crippen molar-refractivity contribution in [3.8, 4) is 0 Å². The molecule has 0 aliphatic rings. The van der Waals surface area contributed by atoms with Crippen LogP contribution in [0.4, 0.5) is 10.1 Å². The first-order valence-electron chi connectivity index (χ1n) is 7.40. The molecule has 0 spiro atoms. The van der Waals surface area contributed by atoms with Gasteiger partial charge in [0.2, 0.25) is 5.91 Å². The van der Waals surface area contributed by atoms with E-state index in [0.717, 1.165) is 11.3 Å². The standard InChI is InChI=1S/C18H21FN2O/c1-13(2)18(14-8-10-15(19)11-9-14)20-12-17(22)21-16-6-4-3-5-7-16/h3-11,13,18,20H,12H2,1-2H3,(H,21,22)/t18-/m1/s1. The third-order valence-electron chi connectivity index (χ3n) is 3.44. The number of hydrogen-bond donors (Lipinski definition) is 2. The number of amides is 1. The number of benzene rings is 2. The molecule has 0 aliphatic heterocycles. The molecule has 2 aromatic rings. The maximum atomic E-state index is 13.0. The Morgan fingerprint density at radius 2 is 1.68 bits per heavy atom. The van der Waals surface area contributed by atoms with Gasteiger partial charge in [-0.25, -0.2) is 4.39 Å². The SMILES string of the molecule is CC(C)[C@@H](NCC(=O)Nc1ccccc1)c1ccc(F)cc1. The topological polar surface area (TPSA) is 41.1 Å². The molecule has 1 amide bonds. The molecule has 116 valence electrons. The van der Waals surface area contributed by atoms with E-state index in [9.17, 15) is 9.18 Å². The fourth-order valence-electron chi connectivity index (χ4n) is 2.34. The molecule has 2 rings (SSSR count). The minimum Gasteiger partial charge on any atom is -0.325 e. The number of nitrogens with one attached hydrogen (secondary N) is 2. The molecule has 0 saturated carbocycles. The summed E-state index contributed by atoms with van der Waals surface area (Å²) in [4.78, 5) is 12.0. The van der Waals surface area contributed by atoms with E-state index in [1.807, 2.05) is 30.3 Å². The van der Waals surface area contributed by atoms with Gasteiger partial charge in [0, 0.05) is 11.7 Å². The Morgan fingerprint density at radius 1 is 1.05 bits per heavy atom. The molecule has 0 heterocycles. The Morgan fingerprint density at radius 3 is 2.27 bits per heavy atom. The van der Waals surface area contributed by atoms with E-state index in [1.54, 1.807) is 12.1 Å². The van der Waals surface area contributed by atoms with Crippen LogP contribution in [0.15, 0.2) is 54.6 Å². The smallest absolute Gasteiger partial charge is 0.238 e. The van der Waals surface area contributed by atoms with Crippen LogP contribution in [0.2, 0.25) is 0 Å². The van der Waals surface area contributed by atoms with E-state index >= 15 is 0 Å². The number of para-hydroxylation sites is 1. The predicted octanol–water partition coefficient (Wildman–Crippen LogP) is 3.75. The van der Waals surface area contributed by atoms with E-state index in [-0.39, 0.29) is 30.2 Å². The van der Waals surface area contributed by atoms with Crippen LogP contribution in [0, 0.1) is 11.7 Å². The number of carbonyl (C=O) groups is 1. The summed E-state index contributed by atoms with van der Waals surface area (Å²) >= 11 is 0. The number of halogens is 1. The minimum absolute atomic E-state index is 0.00197. The van der Waals surface area contributed by atoms with Gasteiger partial charge in [0.15, 0.2) is 0 Å². The fraction of sp³-hybridized carbons (Fsp3) is 0.278. The van der Waals surface area contributed by atoms with Crippen molar-refractivity contribution < 1.29 is 9.18 Å². The van der Waals surface area contributed by atoms with Crippen molar-refractivity contribution in [3.05, 3.63) is 66.0 Å². The van der Waals surface area contributed by atoms with Crippen molar-refractivity contribution in [3.63, 3.8) is 0 Å². The average molecular weight is 300 g/mol. The minimum atomic E-state index is -0.256. The normalized spacial score (nSPS) is 12.2. The van der Waals surface area contributed by atoms with E-state index < -0.39 is 0 Å². The van der Waals surface area contributed by atoms with Crippen molar-refractivity contribution in [2.75, 3.05) is 11.9 Å². The summed E-state index contributed by atoms with van der Waals surface area (Å²) in [7, 11) is 0. The third kappa shape index (κ3) is 4.67. The highest BCUT2D eigenvalue weighted by Gasteiger charge is 2.16. The van der Waals surface area contributed by atoms with Gasteiger partial charge in [-0.2, -0.15) is 0 Å². The Labute approximate surface area is 130 Å². The zero-order chi connectivity index (χ0) is 15.9. The largest absolute Gasteiger partial charge is 0.325 e. The Hall–Kier alpha value is -2.20. The lowest BCUT2D eigenvalue weighted by Crippen LogP contribution is -2.33. The number of anilines is 1. The second-order valence-electron chi connectivity index (χ2n) is 5.57. The summed E-state index contributed by atoms with van der Waals surface area (Å²) in [5.41, 5.74) is 1.75. The second kappa shape index (κ2) is 7.71. The fourth-order valence-corrected chi connectivity index (χ4v) is 2.34. The average Bonchev–Trinajstić information content (AvgIpc) is 2.50. The molecule has 3 nitrogen and oxygen atoms in total. The summed E-state index contributed by atoms with van der Waals surface area (Å²) in [6, 6.07) is 15.7. The quantitative estimate of drug-likeness (QED) is 0.853. The van der Waals surface area contributed by atoms with Gasteiger partial charge in [0.25, 0.3) is 0 Å². The van der Waals surface area contributed by atoms with Crippen molar-refractivity contribution >= 4 is 11.6 Å². The molecule has 0 aliphatic carbocycles. The predicted molar refractivity (Wildman–Crippen MR) is 87.1 cm³/mol. The number of rotatable bonds is 6. The zero-order valence-corrected chi connectivity index (χ0v) is 12.8. The van der Waals surface area contributed by atoms with E-state index in [0.29, 0.717) is 0 Å². The molecule has 0 saturated heterocycles. The van der Waals surface area contributed by atoms with Crippen LogP contribution in [0.25, 0.3) is 0 Å². The van der Waals surface area contributed by atoms with Crippen molar-refractivity contribution in [1.82, 2.24) is 5.32 Å². The lowest BCUT2D eigenvalue weighted by atomic mass is 9.96. The van der Waals surface area contributed by atoms with Gasteiger partial charge in [-0.3, -0.25) is 4.79 Å². The molecule has 2 N–H and O–H groups in total. The second-order valence-corrected chi connectivity index (χ2v) is 5.57.